The summed E-state index contributed by atoms with van der Waals surface area (Å²) >= 11 is 6.18. The highest BCUT2D eigenvalue weighted by Gasteiger charge is 2.07. The van der Waals surface area contributed by atoms with Gasteiger partial charge in [0.2, 0.25) is 0 Å². The number of unbranched alkanes of at least 4 members (excludes halogenated alkanes) is 1. The summed E-state index contributed by atoms with van der Waals surface area (Å²) in [6.07, 6.45) is 5.45. The molecule has 0 N–H and O–H groups in total. The molecule has 1 nitrogen and oxygen atoms in total. The molecule has 0 amide bonds. The fourth-order valence-electron chi connectivity index (χ4n) is 1.69. The number of carbonyl (C=O) groups excluding carboxylic acids is 1. The van der Waals surface area contributed by atoms with E-state index in [4.69, 9.17) is 12.2 Å². The van der Waals surface area contributed by atoms with E-state index in [0.29, 0.717) is 20.2 Å². The maximum absolute atomic E-state index is 13.3. The minimum atomic E-state index is -0.272. The second-order valence-electron chi connectivity index (χ2n) is 5.73. The first kappa shape index (κ1) is 22.7. The van der Waals surface area contributed by atoms with Gasteiger partial charge in [-0.25, -0.2) is 4.39 Å². The summed E-state index contributed by atoms with van der Waals surface area (Å²) in [5.41, 5.74) is 2.56. The molecule has 1 rings (SSSR count). The minimum absolute atomic E-state index is 0.0693. The molecule has 0 saturated heterocycles. The summed E-state index contributed by atoms with van der Waals surface area (Å²) in [7, 11) is 0. The van der Waals surface area contributed by atoms with E-state index in [9.17, 15) is 9.18 Å². The summed E-state index contributed by atoms with van der Waals surface area (Å²) in [5.74, 6) is -0.342. The molecule has 24 heavy (non-hydrogen) atoms. The van der Waals surface area contributed by atoms with Crippen LogP contribution in [-0.4, -0.2) is 9.98 Å². The molecule has 1 aromatic carbocycles. The SMILES string of the molecule is C=C(C)CCCC.CC(=O)/C(=C/c1ccc(C)c(F)c1)SC(C)=S. The van der Waals surface area contributed by atoms with Crippen molar-refractivity contribution in [3.63, 3.8) is 0 Å². The van der Waals surface area contributed by atoms with Crippen LogP contribution in [-0.2, 0) is 4.79 Å². The van der Waals surface area contributed by atoms with Crippen LogP contribution in [0.15, 0.2) is 35.3 Å². The summed E-state index contributed by atoms with van der Waals surface area (Å²) < 4.78 is 14.0. The molecular weight excluding hydrogens is 339 g/mol. The Balaban J connectivity index is 0.000000640. The van der Waals surface area contributed by atoms with Gasteiger partial charge in [-0.05, 0) is 63.8 Å². The molecule has 0 heterocycles. The Hall–Kier alpha value is -1.26. The number of ketones is 1. The van der Waals surface area contributed by atoms with Gasteiger partial charge in [0.05, 0.1) is 4.91 Å². The highest BCUT2D eigenvalue weighted by atomic mass is 32.2. The van der Waals surface area contributed by atoms with E-state index in [1.165, 1.54) is 49.6 Å². The Morgan fingerprint density at radius 2 is 1.96 bits per heavy atom. The summed E-state index contributed by atoms with van der Waals surface area (Å²) in [6.45, 7) is 13.0. The first-order valence-corrected chi connectivity index (χ1v) is 9.21. The Kier molecular flexibility index (Phi) is 11.5. The van der Waals surface area contributed by atoms with E-state index >= 15 is 0 Å². The van der Waals surface area contributed by atoms with Crippen LogP contribution in [0.1, 0.15) is 58.1 Å². The second-order valence-corrected chi connectivity index (χ2v) is 7.85. The number of hydrogen-bond acceptors (Lipinski definition) is 3. The minimum Gasteiger partial charge on any atom is -0.294 e. The number of halogens is 1. The van der Waals surface area contributed by atoms with Crippen LogP contribution in [0.4, 0.5) is 4.39 Å². The summed E-state index contributed by atoms with van der Waals surface area (Å²) in [4.78, 5) is 11.9. The third-order valence-corrected chi connectivity index (χ3v) is 4.21. The predicted octanol–water partition coefficient (Wildman–Crippen LogP) is 6.90. The largest absolute Gasteiger partial charge is 0.294 e. The van der Waals surface area contributed by atoms with Gasteiger partial charge in [-0.15, -0.1) is 6.58 Å². The zero-order valence-corrected chi connectivity index (χ0v) is 16.9. The maximum Gasteiger partial charge on any atom is 0.166 e. The zero-order valence-electron chi connectivity index (χ0n) is 15.2. The highest BCUT2D eigenvalue weighted by molar-refractivity contribution is 8.26. The lowest BCUT2D eigenvalue weighted by Crippen LogP contribution is -1.95. The maximum atomic E-state index is 13.3. The Morgan fingerprint density at radius 1 is 1.33 bits per heavy atom. The van der Waals surface area contributed by atoms with Gasteiger partial charge in [0.25, 0.3) is 0 Å². The molecule has 0 aliphatic heterocycles. The normalized spacial score (nSPS) is 10.7. The summed E-state index contributed by atoms with van der Waals surface area (Å²) in [6, 6.07) is 4.88. The third kappa shape index (κ3) is 10.5. The van der Waals surface area contributed by atoms with Gasteiger partial charge >= 0.3 is 0 Å². The Morgan fingerprint density at radius 3 is 2.33 bits per heavy atom. The van der Waals surface area contributed by atoms with Crippen LogP contribution in [0, 0.1) is 12.7 Å². The first-order chi connectivity index (χ1) is 11.2. The molecule has 0 spiro atoms. The lowest BCUT2D eigenvalue weighted by atomic mass is 10.1. The monoisotopic (exact) mass is 366 g/mol. The van der Waals surface area contributed by atoms with E-state index in [1.54, 1.807) is 32.1 Å². The van der Waals surface area contributed by atoms with Crippen molar-refractivity contribution in [3.05, 3.63) is 52.2 Å². The molecule has 0 radical (unpaired) electrons. The zero-order chi connectivity index (χ0) is 18.7. The molecule has 0 saturated carbocycles. The van der Waals surface area contributed by atoms with Gasteiger partial charge in [-0.3, -0.25) is 4.79 Å². The van der Waals surface area contributed by atoms with Crippen molar-refractivity contribution < 1.29 is 9.18 Å². The molecule has 0 fully saturated rings. The van der Waals surface area contributed by atoms with Crippen LogP contribution < -0.4 is 0 Å². The highest BCUT2D eigenvalue weighted by Crippen LogP contribution is 2.22. The number of benzene rings is 1. The number of Topliss-reactive ketones (excluding diaryl/α,β-unsaturated/α-hetero) is 1. The summed E-state index contributed by atoms with van der Waals surface area (Å²) in [5, 5.41) is 0. The van der Waals surface area contributed by atoms with E-state index in [1.807, 2.05) is 0 Å². The molecular formula is C20H27FOS2. The van der Waals surface area contributed by atoms with E-state index in [2.05, 4.69) is 20.4 Å². The number of rotatable bonds is 6. The van der Waals surface area contributed by atoms with Gasteiger partial charge in [0.15, 0.2) is 5.78 Å². The average Bonchev–Trinajstić information content (AvgIpc) is 2.48. The topological polar surface area (TPSA) is 17.1 Å². The van der Waals surface area contributed by atoms with Crippen molar-refractivity contribution in [1.29, 1.82) is 0 Å². The van der Waals surface area contributed by atoms with Crippen LogP contribution >= 0.6 is 24.0 Å². The van der Waals surface area contributed by atoms with Gasteiger partial charge in [0.1, 0.15) is 5.82 Å². The smallest absolute Gasteiger partial charge is 0.166 e. The van der Waals surface area contributed by atoms with E-state index in [0.717, 1.165) is 0 Å². The lowest BCUT2D eigenvalue weighted by molar-refractivity contribution is -0.112. The van der Waals surface area contributed by atoms with Gasteiger partial charge in [0, 0.05) is 4.20 Å². The second kappa shape index (κ2) is 12.2. The number of hydrogen-bond donors (Lipinski definition) is 0. The Labute approximate surface area is 155 Å². The molecule has 0 aliphatic rings. The van der Waals surface area contributed by atoms with Crippen molar-refractivity contribution in [2.45, 2.75) is 53.9 Å². The number of thioether (sulfide) groups is 1. The Bertz CT molecular complexity index is 618. The fourth-order valence-corrected chi connectivity index (χ4v) is 2.60. The predicted molar refractivity (Wildman–Crippen MR) is 110 cm³/mol. The molecule has 1 aromatic rings. The average molecular weight is 367 g/mol. The third-order valence-electron chi connectivity index (χ3n) is 3.05. The van der Waals surface area contributed by atoms with Crippen LogP contribution in [0.25, 0.3) is 6.08 Å². The lowest BCUT2D eigenvalue weighted by Gasteiger charge is -2.03. The standard InChI is InChI=1S/C13H13FOS2.C7H14/c1-8-4-5-11(6-12(8)14)7-13(9(2)15)17-10(3)16;1-4-5-6-7(2)3/h4-7H,1-3H3;2,4-6H2,1,3H3/b13-7-;. The molecule has 4 heteroatoms. The first-order valence-electron chi connectivity index (χ1n) is 7.99. The van der Waals surface area contributed by atoms with Crippen molar-refractivity contribution in [3.8, 4) is 0 Å². The molecule has 0 unspecified atom stereocenters. The van der Waals surface area contributed by atoms with Crippen molar-refractivity contribution in [2.24, 2.45) is 0 Å². The van der Waals surface area contributed by atoms with Gasteiger partial charge in [-0.1, -0.05) is 55.0 Å². The molecule has 0 atom stereocenters. The number of aryl methyl sites for hydroxylation is 1. The van der Waals surface area contributed by atoms with E-state index < -0.39 is 0 Å². The van der Waals surface area contributed by atoms with Crippen LogP contribution in [0.2, 0.25) is 0 Å². The van der Waals surface area contributed by atoms with E-state index in [-0.39, 0.29) is 11.6 Å². The number of allylic oxidation sites excluding steroid dienone is 2. The number of carbonyl (C=O) groups is 1. The van der Waals surface area contributed by atoms with Crippen LogP contribution in [0.3, 0.4) is 0 Å². The van der Waals surface area contributed by atoms with Gasteiger partial charge in [-0.2, -0.15) is 0 Å². The molecule has 0 aliphatic carbocycles. The molecule has 0 aromatic heterocycles. The quantitative estimate of drug-likeness (QED) is 0.310. The van der Waals surface area contributed by atoms with Gasteiger partial charge < -0.3 is 0 Å². The van der Waals surface area contributed by atoms with Crippen molar-refractivity contribution >= 4 is 40.0 Å². The molecule has 0 bridgehead atoms. The van der Waals surface area contributed by atoms with Crippen molar-refractivity contribution in [1.82, 2.24) is 0 Å². The van der Waals surface area contributed by atoms with Crippen molar-refractivity contribution in [2.75, 3.05) is 0 Å². The fraction of sp³-hybridized carbons (Fsp3) is 0.400. The number of thiocarbonyl (C=S) groups is 1. The molecule has 132 valence electrons. The van der Waals surface area contributed by atoms with Crippen LogP contribution in [0.5, 0.6) is 0 Å².